The van der Waals surface area contributed by atoms with Crippen molar-refractivity contribution in [3.05, 3.63) is 23.5 Å². The number of ketones is 1. The topological polar surface area (TPSA) is 52.3 Å². The first-order valence-electron chi connectivity index (χ1n) is 3.83. The maximum Gasteiger partial charge on any atom is 0.184 e. The summed E-state index contributed by atoms with van der Waals surface area (Å²) in [7, 11) is 1.34. The van der Waals surface area contributed by atoms with Gasteiger partial charge in [-0.05, 0) is 12.1 Å². The highest BCUT2D eigenvalue weighted by Crippen LogP contribution is 2.26. The molecule has 5 heteroatoms. The number of halogens is 2. The molecule has 0 radical (unpaired) electrons. The number of nitrogen functional groups attached to an aromatic ring is 1. The summed E-state index contributed by atoms with van der Waals surface area (Å²) in [5.74, 6) is -1.50. The van der Waals surface area contributed by atoms with Gasteiger partial charge in [0.15, 0.2) is 11.6 Å². The molecule has 0 aliphatic carbocycles. The number of nitrogens with two attached hydrogens (primary N) is 1. The van der Waals surface area contributed by atoms with E-state index in [2.05, 4.69) is 0 Å². The van der Waals surface area contributed by atoms with E-state index in [1.54, 1.807) is 0 Å². The van der Waals surface area contributed by atoms with Crippen LogP contribution in [0.5, 0.6) is 5.75 Å². The quantitative estimate of drug-likeness (QED) is 0.478. The van der Waals surface area contributed by atoms with Crippen LogP contribution in [0, 0.1) is 5.82 Å². The number of hydrogen-bond donors (Lipinski definition) is 1. The van der Waals surface area contributed by atoms with Gasteiger partial charge in [0.2, 0.25) is 0 Å². The Bertz CT molecular complexity index is 368. The number of Topliss-reactive ketones (excluding diaryl/α,β-unsaturated/α-hetero) is 1. The van der Waals surface area contributed by atoms with Crippen molar-refractivity contribution in [2.45, 2.75) is 0 Å². The normalized spacial score (nSPS) is 9.93. The highest BCUT2D eigenvalue weighted by molar-refractivity contribution is 6.31. The molecule has 0 aliphatic heterocycles. The Labute approximate surface area is 85.6 Å². The van der Waals surface area contributed by atoms with Crippen molar-refractivity contribution in [2.75, 3.05) is 18.7 Å². The van der Waals surface area contributed by atoms with Gasteiger partial charge in [-0.2, -0.15) is 0 Å². The number of ether oxygens (including phenoxy) is 1. The Hall–Kier alpha value is -1.29. The fourth-order valence-electron chi connectivity index (χ4n) is 1.07. The second-order valence-corrected chi connectivity index (χ2v) is 2.87. The van der Waals surface area contributed by atoms with Crippen LogP contribution in [0.2, 0.25) is 0 Å². The van der Waals surface area contributed by atoms with E-state index >= 15 is 0 Å². The molecule has 0 aromatic heterocycles. The van der Waals surface area contributed by atoms with E-state index < -0.39 is 11.6 Å². The van der Waals surface area contributed by atoms with Gasteiger partial charge in [0.05, 0.1) is 24.2 Å². The molecule has 0 amide bonds. The predicted molar refractivity (Wildman–Crippen MR) is 52.4 cm³/mol. The third-order valence-corrected chi connectivity index (χ3v) is 2.00. The molecule has 1 aromatic rings. The van der Waals surface area contributed by atoms with Gasteiger partial charge >= 0.3 is 0 Å². The van der Waals surface area contributed by atoms with Gasteiger partial charge in [0.25, 0.3) is 0 Å². The van der Waals surface area contributed by atoms with E-state index in [4.69, 9.17) is 22.1 Å². The van der Waals surface area contributed by atoms with Crippen LogP contribution < -0.4 is 10.5 Å². The molecule has 0 bridgehead atoms. The van der Waals surface area contributed by atoms with Crippen molar-refractivity contribution >= 4 is 23.1 Å². The maximum absolute atomic E-state index is 13.4. The summed E-state index contributed by atoms with van der Waals surface area (Å²) in [4.78, 5) is 11.3. The zero-order valence-corrected chi connectivity index (χ0v) is 8.27. The lowest BCUT2D eigenvalue weighted by atomic mass is 10.1. The Kier molecular flexibility index (Phi) is 3.30. The number of alkyl halides is 1. The van der Waals surface area contributed by atoms with Crippen molar-refractivity contribution < 1.29 is 13.9 Å². The van der Waals surface area contributed by atoms with E-state index in [-0.39, 0.29) is 22.9 Å². The number of benzene rings is 1. The molecule has 3 nitrogen and oxygen atoms in total. The molecule has 0 unspecified atom stereocenters. The third-order valence-electron chi connectivity index (χ3n) is 1.75. The van der Waals surface area contributed by atoms with Crippen molar-refractivity contribution in [3.63, 3.8) is 0 Å². The lowest BCUT2D eigenvalue weighted by molar-refractivity contribution is 0.101. The SMILES string of the molecule is COc1ccc(N)c(F)c1C(=O)CCl. The van der Waals surface area contributed by atoms with Gasteiger partial charge in [-0.25, -0.2) is 4.39 Å². The van der Waals surface area contributed by atoms with Crippen molar-refractivity contribution in [1.29, 1.82) is 0 Å². The lowest BCUT2D eigenvalue weighted by Crippen LogP contribution is -2.08. The molecule has 0 saturated carbocycles. The largest absolute Gasteiger partial charge is 0.496 e. The summed E-state index contributed by atoms with van der Waals surface area (Å²) >= 11 is 5.33. The molecular weight excluding hydrogens is 209 g/mol. The van der Waals surface area contributed by atoms with Crippen LogP contribution >= 0.6 is 11.6 Å². The molecule has 0 saturated heterocycles. The van der Waals surface area contributed by atoms with E-state index in [1.165, 1.54) is 19.2 Å². The van der Waals surface area contributed by atoms with Crippen molar-refractivity contribution in [2.24, 2.45) is 0 Å². The first-order chi connectivity index (χ1) is 6.61. The molecule has 1 aromatic carbocycles. The Balaban J connectivity index is 3.35. The summed E-state index contributed by atoms with van der Waals surface area (Å²) in [6.07, 6.45) is 0. The maximum atomic E-state index is 13.4. The van der Waals surface area contributed by atoms with E-state index in [9.17, 15) is 9.18 Å². The van der Waals surface area contributed by atoms with Crippen LogP contribution in [-0.4, -0.2) is 18.8 Å². The summed E-state index contributed by atoms with van der Waals surface area (Å²) in [6, 6.07) is 2.76. The van der Waals surface area contributed by atoms with E-state index in [1.807, 2.05) is 0 Å². The van der Waals surface area contributed by atoms with Crippen LogP contribution in [0.25, 0.3) is 0 Å². The minimum absolute atomic E-state index is 0.0979. The first kappa shape index (κ1) is 10.8. The summed E-state index contributed by atoms with van der Waals surface area (Å²) in [5, 5.41) is 0. The smallest absolute Gasteiger partial charge is 0.184 e. The van der Waals surface area contributed by atoms with Gasteiger partial charge in [-0.1, -0.05) is 0 Å². The minimum atomic E-state index is -0.782. The monoisotopic (exact) mass is 217 g/mol. The van der Waals surface area contributed by atoms with Gasteiger partial charge < -0.3 is 10.5 Å². The molecule has 14 heavy (non-hydrogen) atoms. The van der Waals surface area contributed by atoms with Gasteiger partial charge in [-0.3, -0.25) is 4.79 Å². The number of anilines is 1. The molecular formula is C9H9ClFNO2. The summed E-state index contributed by atoms with van der Waals surface area (Å²) in [5.41, 5.74) is 5.02. The molecule has 2 N–H and O–H groups in total. The molecule has 0 fully saturated rings. The van der Waals surface area contributed by atoms with Gasteiger partial charge in [0, 0.05) is 0 Å². The van der Waals surface area contributed by atoms with Crippen LogP contribution in [0.3, 0.4) is 0 Å². The highest BCUT2D eigenvalue weighted by atomic mass is 35.5. The van der Waals surface area contributed by atoms with Crippen LogP contribution in [0.15, 0.2) is 12.1 Å². The average Bonchev–Trinajstić information content (AvgIpc) is 2.20. The molecule has 0 spiro atoms. The summed E-state index contributed by atoms with van der Waals surface area (Å²) < 4.78 is 18.2. The van der Waals surface area contributed by atoms with Crippen molar-refractivity contribution in [3.8, 4) is 5.75 Å². The fourth-order valence-corrected chi connectivity index (χ4v) is 1.20. The van der Waals surface area contributed by atoms with E-state index in [0.717, 1.165) is 0 Å². The van der Waals surface area contributed by atoms with Gasteiger partial charge in [-0.15, -0.1) is 11.6 Å². The number of carbonyl (C=O) groups is 1. The van der Waals surface area contributed by atoms with Crippen LogP contribution in [0.1, 0.15) is 10.4 Å². The Morgan fingerprint density at radius 2 is 2.29 bits per heavy atom. The third kappa shape index (κ3) is 1.80. The first-order valence-corrected chi connectivity index (χ1v) is 4.36. The molecule has 0 atom stereocenters. The second kappa shape index (κ2) is 4.28. The van der Waals surface area contributed by atoms with Gasteiger partial charge in [0.1, 0.15) is 5.75 Å². The molecule has 0 aliphatic rings. The average molecular weight is 218 g/mol. The number of rotatable bonds is 3. The number of carbonyl (C=O) groups excluding carboxylic acids is 1. The van der Waals surface area contributed by atoms with Crippen LogP contribution in [0.4, 0.5) is 10.1 Å². The predicted octanol–water partition coefficient (Wildman–Crippen LogP) is 1.84. The highest BCUT2D eigenvalue weighted by Gasteiger charge is 2.18. The lowest BCUT2D eigenvalue weighted by Gasteiger charge is -2.08. The zero-order valence-electron chi connectivity index (χ0n) is 7.51. The van der Waals surface area contributed by atoms with E-state index in [0.29, 0.717) is 0 Å². The number of methoxy groups -OCH3 is 1. The second-order valence-electron chi connectivity index (χ2n) is 2.60. The minimum Gasteiger partial charge on any atom is -0.496 e. The Morgan fingerprint density at radius 3 is 2.79 bits per heavy atom. The molecule has 1 rings (SSSR count). The Morgan fingerprint density at radius 1 is 1.64 bits per heavy atom. The zero-order chi connectivity index (χ0) is 10.7. The van der Waals surface area contributed by atoms with Crippen molar-refractivity contribution in [1.82, 2.24) is 0 Å². The fraction of sp³-hybridized carbons (Fsp3) is 0.222. The standard InChI is InChI=1S/C9H9ClFNO2/c1-14-7-3-2-5(12)9(11)8(7)6(13)4-10/h2-3H,4,12H2,1H3. The summed E-state index contributed by atoms with van der Waals surface area (Å²) in [6.45, 7) is 0. The number of hydrogen-bond acceptors (Lipinski definition) is 3. The van der Waals surface area contributed by atoms with Crippen LogP contribution in [-0.2, 0) is 0 Å². The molecule has 0 heterocycles. The molecule has 76 valence electrons.